The van der Waals surface area contributed by atoms with Crippen LogP contribution in [0.3, 0.4) is 0 Å². The van der Waals surface area contributed by atoms with Gasteiger partial charge in [0.05, 0.1) is 6.10 Å². The zero-order valence-corrected chi connectivity index (χ0v) is 12.3. The van der Waals surface area contributed by atoms with Crippen molar-refractivity contribution >= 4 is 11.7 Å². The van der Waals surface area contributed by atoms with Crippen molar-refractivity contribution in [1.82, 2.24) is 9.80 Å². The van der Waals surface area contributed by atoms with Gasteiger partial charge in [0.15, 0.2) is 0 Å². The molecule has 1 heterocycles. The molecule has 2 rings (SSSR count). The first-order chi connectivity index (χ1) is 9.47. The van der Waals surface area contributed by atoms with Gasteiger partial charge in [0.1, 0.15) is 0 Å². The number of nitrogens with zero attached hydrogens (tertiary/aromatic N) is 2. The van der Waals surface area contributed by atoms with E-state index in [1.54, 1.807) is 6.92 Å². The third-order valence-corrected chi connectivity index (χ3v) is 3.83. The van der Waals surface area contributed by atoms with Crippen LogP contribution in [0.5, 0.6) is 0 Å². The van der Waals surface area contributed by atoms with Crippen LogP contribution in [-0.2, 0) is 0 Å². The first-order valence-electron chi connectivity index (χ1n) is 6.97. The maximum absolute atomic E-state index is 12.1. The van der Waals surface area contributed by atoms with Gasteiger partial charge in [-0.25, -0.2) is 4.79 Å². The van der Waals surface area contributed by atoms with Crippen LogP contribution in [0.25, 0.3) is 0 Å². The summed E-state index contributed by atoms with van der Waals surface area (Å²) in [6.45, 7) is 3.28. The smallest absolute Gasteiger partial charge is 0.321 e. The molecule has 0 saturated carbocycles. The molecular weight excluding hydrogens is 254 g/mol. The molecule has 0 spiro atoms. The van der Waals surface area contributed by atoms with Gasteiger partial charge in [-0.15, -0.1) is 0 Å². The Morgan fingerprint density at radius 3 is 2.55 bits per heavy atom. The van der Waals surface area contributed by atoms with E-state index in [0.717, 1.165) is 30.8 Å². The van der Waals surface area contributed by atoms with Gasteiger partial charge in [0, 0.05) is 24.8 Å². The van der Waals surface area contributed by atoms with Crippen LogP contribution in [0.15, 0.2) is 24.3 Å². The fraction of sp³-hybridized carbons (Fsp3) is 0.533. The number of benzene rings is 1. The number of carbonyl (C=O) groups excluding carboxylic acids is 1. The summed E-state index contributed by atoms with van der Waals surface area (Å²) in [6.07, 6.45) is 0.528. The van der Waals surface area contributed by atoms with Gasteiger partial charge in [-0.3, -0.25) is 0 Å². The van der Waals surface area contributed by atoms with E-state index in [4.69, 9.17) is 0 Å². The Morgan fingerprint density at radius 2 is 2.05 bits per heavy atom. The van der Waals surface area contributed by atoms with Gasteiger partial charge in [0.2, 0.25) is 0 Å². The molecule has 110 valence electrons. The molecule has 0 aliphatic carbocycles. The highest BCUT2D eigenvalue weighted by atomic mass is 16.3. The number of aliphatic hydroxyl groups excluding tert-OH is 1. The summed E-state index contributed by atoms with van der Waals surface area (Å²) in [5.41, 5.74) is 1.60. The quantitative estimate of drug-likeness (QED) is 0.887. The maximum atomic E-state index is 12.1. The second kappa shape index (κ2) is 6.24. The summed E-state index contributed by atoms with van der Waals surface area (Å²) >= 11 is 0. The number of hydrogen-bond donors (Lipinski definition) is 2. The zero-order chi connectivity index (χ0) is 14.7. The van der Waals surface area contributed by atoms with Crippen LogP contribution >= 0.6 is 0 Å². The second-order valence-electron chi connectivity index (χ2n) is 5.58. The Hall–Kier alpha value is -1.59. The van der Waals surface area contributed by atoms with Crippen LogP contribution in [0.1, 0.15) is 25.0 Å². The third kappa shape index (κ3) is 3.49. The normalized spacial score (nSPS) is 20.2. The van der Waals surface area contributed by atoms with Crippen LogP contribution in [0.2, 0.25) is 0 Å². The Balaban J connectivity index is 1.92. The van der Waals surface area contributed by atoms with Crippen LogP contribution in [-0.4, -0.2) is 54.2 Å². The SMILES string of the molecule is CC(O)c1ccc(NC(=O)N2CCC(N(C)C)C2)cc1. The number of amides is 2. The van der Waals surface area contributed by atoms with Crippen molar-refractivity contribution in [1.29, 1.82) is 0 Å². The lowest BCUT2D eigenvalue weighted by Gasteiger charge is -2.20. The van der Waals surface area contributed by atoms with E-state index < -0.39 is 6.10 Å². The van der Waals surface area contributed by atoms with Crippen molar-refractivity contribution in [2.45, 2.75) is 25.5 Å². The van der Waals surface area contributed by atoms with Crippen molar-refractivity contribution < 1.29 is 9.90 Å². The minimum absolute atomic E-state index is 0.0563. The molecule has 1 saturated heterocycles. The van der Waals surface area contributed by atoms with Gasteiger partial charge in [-0.1, -0.05) is 12.1 Å². The van der Waals surface area contributed by atoms with Gasteiger partial charge in [0.25, 0.3) is 0 Å². The molecule has 0 bridgehead atoms. The Morgan fingerprint density at radius 1 is 1.40 bits per heavy atom. The lowest BCUT2D eigenvalue weighted by molar-refractivity contribution is 0.199. The van der Waals surface area contributed by atoms with E-state index in [-0.39, 0.29) is 6.03 Å². The highest BCUT2D eigenvalue weighted by Gasteiger charge is 2.27. The molecule has 1 aliphatic rings. The average molecular weight is 277 g/mol. The van der Waals surface area contributed by atoms with E-state index in [0.29, 0.717) is 6.04 Å². The van der Waals surface area contributed by atoms with Crippen LogP contribution in [0.4, 0.5) is 10.5 Å². The lowest BCUT2D eigenvalue weighted by atomic mass is 10.1. The predicted molar refractivity (Wildman–Crippen MR) is 79.8 cm³/mol. The fourth-order valence-corrected chi connectivity index (χ4v) is 2.40. The second-order valence-corrected chi connectivity index (χ2v) is 5.58. The Kier molecular flexibility index (Phi) is 4.62. The minimum atomic E-state index is -0.487. The van der Waals surface area contributed by atoms with E-state index in [1.807, 2.05) is 43.3 Å². The van der Waals surface area contributed by atoms with Gasteiger partial charge in [-0.2, -0.15) is 0 Å². The molecule has 1 aromatic carbocycles. The standard InChI is InChI=1S/C15H23N3O2/c1-11(19)12-4-6-13(7-5-12)16-15(20)18-9-8-14(10-18)17(2)3/h4-7,11,14,19H,8-10H2,1-3H3,(H,16,20). The number of likely N-dealkylation sites (tertiary alicyclic amines) is 1. The summed E-state index contributed by atoms with van der Waals surface area (Å²) < 4.78 is 0. The summed E-state index contributed by atoms with van der Waals surface area (Å²) in [5, 5.41) is 12.3. The number of urea groups is 1. The number of hydrogen-bond acceptors (Lipinski definition) is 3. The molecule has 1 aromatic rings. The third-order valence-electron chi connectivity index (χ3n) is 3.83. The monoisotopic (exact) mass is 277 g/mol. The average Bonchev–Trinajstić information content (AvgIpc) is 2.89. The molecule has 5 nitrogen and oxygen atoms in total. The van der Waals surface area contributed by atoms with E-state index in [9.17, 15) is 9.90 Å². The van der Waals surface area contributed by atoms with Crippen LogP contribution < -0.4 is 5.32 Å². The topological polar surface area (TPSA) is 55.8 Å². The molecule has 5 heteroatoms. The fourth-order valence-electron chi connectivity index (χ4n) is 2.40. The predicted octanol–water partition coefficient (Wildman–Crippen LogP) is 1.91. The molecule has 0 radical (unpaired) electrons. The molecule has 2 amide bonds. The zero-order valence-electron chi connectivity index (χ0n) is 12.3. The summed E-state index contributed by atoms with van der Waals surface area (Å²) in [7, 11) is 4.09. The van der Waals surface area contributed by atoms with E-state index >= 15 is 0 Å². The van der Waals surface area contributed by atoms with Gasteiger partial charge >= 0.3 is 6.03 Å². The van der Waals surface area contributed by atoms with E-state index in [2.05, 4.69) is 10.2 Å². The maximum Gasteiger partial charge on any atom is 0.321 e. The van der Waals surface area contributed by atoms with Crippen molar-refractivity contribution in [3.63, 3.8) is 0 Å². The van der Waals surface area contributed by atoms with Crippen molar-refractivity contribution in [3.05, 3.63) is 29.8 Å². The van der Waals surface area contributed by atoms with Gasteiger partial charge in [-0.05, 0) is 45.1 Å². The first-order valence-corrected chi connectivity index (χ1v) is 6.97. The number of rotatable bonds is 3. The molecule has 2 unspecified atom stereocenters. The van der Waals surface area contributed by atoms with E-state index in [1.165, 1.54) is 0 Å². The minimum Gasteiger partial charge on any atom is -0.389 e. The lowest BCUT2D eigenvalue weighted by Crippen LogP contribution is -2.36. The molecule has 0 aromatic heterocycles. The number of aliphatic hydroxyl groups is 1. The highest BCUT2D eigenvalue weighted by molar-refractivity contribution is 5.89. The summed E-state index contributed by atoms with van der Waals surface area (Å²) in [6, 6.07) is 7.68. The molecule has 2 N–H and O–H groups in total. The number of carbonyl (C=O) groups is 1. The number of anilines is 1. The summed E-state index contributed by atoms with van der Waals surface area (Å²) in [4.78, 5) is 16.1. The Bertz CT molecular complexity index is 457. The summed E-state index contributed by atoms with van der Waals surface area (Å²) in [5.74, 6) is 0. The molecule has 2 atom stereocenters. The van der Waals surface area contributed by atoms with Crippen molar-refractivity contribution in [2.75, 3.05) is 32.5 Å². The van der Waals surface area contributed by atoms with Crippen molar-refractivity contribution in [2.24, 2.45) is 0 Å². The first kappa shape index (κ1) is 14.8. The molecule has 1 fully saturated rings. The number of nitrogens with one attached hydrogen (secondary N) is 1. The highest BCUT2D eigenvalue weighted by Crippen LogP contribution is 2.18. The Labute approximate surface area is 120 Å². The molecule has 20 heavy (non-hydrogen) atoms. The van der Waals surface area contributed by atoms with Crippen LogP contribution in [0, 0.1) is 0 Å². The largest absolute Gasteiger partial charge is 0.389 e. The van der Waals surface area contributed by atoms with Gasteiger partial charge < -0.3 is 20.2 Å². The molecule has 1 aliphatic heterocycles. The van der Waals surface area contributed by atoms with Crippen molar-refractivity contribution in [3.8, 4) is 0 Å². The molecular formula is C15H23N3O2. The number of likely N-dealkylation sites (N-methyl/N-ethyl adjacent to an activating group) is 1.